The fourth-order valence-electron chi connectivity index (χ4n) is 2.95. The molecule has 3 aromatic carbocycles. The van der Waals surface area contributed by atoms with Gasteiger partial charge >= 0.3 is 0 Å². The van der Waals surface area contributed by atoms with E-state index in [1.807, 2.05) is 6.92 Å². The van der Waals surface area contributed by atoms with E-state index in [4.69, 9.17) is 9.47 Å². The summed E-state index contributed by atoms with van der Waals surface area (Å²) in [4.78, 5) is 0. The fourth-order valence-corrected chi connectivity index (χ4v) is 2.95. The van der Waals surface area contributed by atoms with E-state index in [-0.39, 0.29) is 13.2 Å². The van der Waals surface area contributed by atoms with Crippen molar-refractivity contribution in [1.82, 2.24) is 0 Å². The van der Waals surface area contributed by atoms with Gasteiger partial charge in [-0.25, -0.2) is 0 Å². The van der Waals surface area contributed by atoms with Gasteiger partial charge in [0.15, 0.2) is 0 Å². The zero-order chi connectivity index (χ0) is 17.1. The molecule has 24 heavy (non-hydrogen) atoms. The minimum absolute atomic E-state index is 0.218. The highest BCUT2D eigenvalue weighted by molar-refractivity contribution is 6.05. The maximum atomic E-state index is 10.0. The Morgan fingerprint density at radius 1 is 0.875 bits per heavy atom. The molecule has 0 aliphatic rings. The number of hydrogen-bond donors (Lipinski definition) is 1. The molecule has 3 heteroatoms. The van der Waals surface area contributed by atoms with Crippen LogP contribution in [0.15, 0.2) is 42.5 Å². The van der Waals surface area contributed by atoms with Gasteiger partial charge in [0.1, 0.15) is 18.5 Å². The number of hydrogen-bond acceptors (Lipinski definition) is 3. The van der Waals surface area contributed by atoms with E-state index in [1.54, 1.807) is 0 Å². The van der Waals surface area contributed by atoms with Crippen molar-refractivity contribution in [2.45, 2.75) is 26.9 Å². The Hall–Kier alpha value is -2.10. The van der Waals surface area contributed by atoms with Gasteiger partial charge in [-0.3, -0.25) is 0 Å². The molecule has 3 rings (SSSR count). The third kappa shape index (κ3) is 3.53. The molecule has 1 atom stereocenters. The van der Waals surface area contributed by atoms with E-state index in [9.17, 15) is 5.11 Å². The Morgan fingerprint density at radius 2 is 1.62 bits per heavy atom. The van der Waals surface area contributed by atoms with Crippen molar-refractivity contribution in [3.8, 4) is 5.75 Å². The van der Waals surface area contributed by atoms with Crippen molar-refractivity contribution in [2.24, 2.45) is 0 Å². The average molecular weight is 324 g/mol. The van der Waals surface area contributed by atoms with Gasteiger partial charge in [0.05, 0.1) is 6.61 Å². The smallest absolute Gasteiger partial charge is 0.135 e. The van der Waals surface area contributed by atoms with Crippen molar-refractivity contribution >= 4 is 21.5 Å². The van der Waals surface area contributed by atoms with Gasteiger partial charge in [0, 0.05) is 17.4 Å². The molecular formula is C21H24O3. The van der Waals surface area contributed by atoms with Crippen LogP contribution in [-0.4, -0.2) is 31.0 Å². The van der Waals surface area contributed by atoms with E-state index in [1.165, 1.54) is 11.1 Å². The summed E-state index contributed by atoms with van der Waals surface area (Å²) in [5, 5.41) is 14.5. The molecule has 3 nitrogen and oxygen atoms in total. The lowest BCUT2D eigenvalue weighted by molar-refractivity contribution is 0.0170. The maximum Gasteiger partial charge on any atom is 0.135 e. The van der Waals surface area contributed by atoms with Crippen LogP contribution < -0.4 is 4.74 Å². The van der Waals surface area contributed by atoms with Crippen LogP contribution in [0.1, 0.15) is 18.1 Å². The third-order valence-electron chi connectivity index (χ3n) is 4.15. The summed E-state index contributed by atoms with van der Waals surface area (Å²) in [5.74, 6) is 0.835. The maximum absolute atomic E-state index is 10.0. The molecule has 0 saturated carbocycles. The highest BCUT2D eigenvalue weighted by atomic mass is 16.5. The van der Waals surface area contributed by atoms with Crippen LogP contribution in [0.3, 0.4) is 0 Å². The Labute approximate surface area is 142 Å². The molecular weight excluding hydrogens is 300 g/mol. The van der Waals surface area contributed by atoms with Crippen LogP contribution >= 0.6 is 0 Å². The first-order valence-electron chi connectivity index (χ1n) is 8.41. The lowest BCUT2D eigenvalue weighted by Crippen LogP contribution is -2.23. The van der Waals surface area contributed by atoms with Gasteiger partial charge in [-0.05, 0) is 43.7 Å². The van der Waals surface area contributed by atoms with Gasteiger partial charge in [-0.15, -0.1) is 0 Å². The lowest BCUT2D eigenvalue weighted by atomic mass is 9.99. The van der Waals surface area contributed by atoms with Crippen LogP contribution in [0.5, 0.6) is 5.75 Å². The molecule has 0 bridgehead atoms. The standard InChI is InChI=1S/C21H24O3/c1-4-23-12-18(22)13-24-21-19-8-6-14(2)9-17(19)11-16-7-5-15(3)10-20(16)21/h5-11,18,22H,4,12-13H2,1-3H3. The quantitative estimate of drug-likeness (QED) is 0.684. The molecule has 1 unspecified atom stereocenters. The molecule has 0 fully saturated rings. The van der Waals surface area contributed by atoms with Gasteiger partial charge in [-0.1, -0.05) is 41.5 Å². The summed E-state index contributed by atoms with van der Waals surface area (Å²) in [6, 6.07) is 14.9. The Kier molecular flexibility index (Phi) is 5.03. The number of aliphatic hydroxyl groups excluding tert-OH is 1. The number of aryl methyl sites for hydroxylation is 2. The molecule has 1 N–H and O–H groups in total. The van der Waals surface area contributed by atoms with Crippen LogP contribution in [-0.2, 0) is 4.74 Å². The normalized spacial score (nSPS) is 12.7. The molecule has 0 radical (unpaired) electrons. The largest absolute Gasteiger partial charge is 0.489 e. The van der Waals surface area contributed by atoms with Crippen molar-refractivity contribution in [1.29, 1.82) is 0 Å². The molecule has 0 heterocycles. The number of ether oxygens (including phenoxy) is 2. The van der Waals surface area contributed by atoms with E-state index in [2.05, 4.69) is 56.3 Å². The fraction of sp³-hybridized carbons (Fsp3) is 0.333. The van der Waals surface area contributed by atoms with Gasteiger partial charge < -0.3 is 14.6 Å². The highest BCUT2D eigenvalue weighted by Crippen LogP contribution is 2.36. The first-order chi connectivity index (χ1) is 11.6. The summed E-state index contributed by atoms with van der Waals surface area (Å²) in [7, 11) is 0. The molecule has 0 spiro atoms. The second-order valence-corrected chi connectivity index (χ2v) is 6.28. The Balaban J connectivity index is 2.05. The van der Waals surface area contributed by atoms with E-state index in [0.717, 1.165) is 27.3 Å². The van der Waals surface area contributed by atoms with Gasteiger partial charge in [0.2, 0.25) is 0 Å². The van der Waals surface area contributed by atoms with Crippen LogP contribution in [0.2, 0.25) is 0 Å². The Morgan fingerprint density at radius 3 is 2.42 bits per heavy atom. The summed E-state index contributed by atoms with van der Waals surface area (Å²) < 4.78 is 11.3. The second-order valence-electron chi connectivity index (χ2n) is 6.28. The second kappa shape index (κ2) is 7.20. The average Bonchev–Trinajstić information content (AvgIpc) is 2.57. The topological polar surface area (TPSA) is 38.7 Å². The van der Waals surface area contributed by atoms with E-state index in [0.29, 0.717) is 6.61 Å². The first-order valence-corrected chi connectivity index (χ1v) is 8.41. The molecule has 3 aromatic rings. The van der Waals surface area contributed by atoms with E-state index >= 15 is 0 Å². The van der Waals surface area contributed by atoms with Crippen molar-refractivity contribution in [3.63, 3.8) is 0 Å². The molecule has 0 aromatic heterocycles. The first kappa shape index (κ1) is 16.7. The summed E-state index contributed by atoms with van der Waals surface area (Å²) in [6.45, 7) is 7.18. The van der Waals surface area contributed by atoms with Gasteiger partial charge in [-0.2, -0.15) is 0 Å². The minimum Gasteiger partial charge on any atom is -0.489 e. The van der Waals surface area contributed by atoms with Crippen molar-refractivity contribution in [2.75, 3.05) is 19.8 Å². The molecule has 0 aliphatic carbocycles. The monoisotopic (exact) mass is 324 g/mol. The zero-order valence-electron chi connectivity index (χ0n) is 14.5. The zero-order valence-corrected chi connectivity index (χ0v) is 14.5. The number of rotatable bonds is 6. The van der Waals surface area contributed by atoms with E-state index < -0.39 is 6.10 Å². The SMILES string of the molecule is CCOCC(O)COc1c2ccc(C)cc2cc2ccc(C)cc12. The summed E-state index contributed by atoms with van der Waals surface area (Å²) in [6.07, 6.45) is -0.634. The Bertz CT molecular complexity index is 854. The number of aliphatic hydroxyl groups is 1. The summed E-state index contributed by atoms with van der Waals surface area (Å²) >= 11 is 0. The number of fused-ring (bicyclic) bond motifs is 2. The molecule has 0 saturated heterocycles. The van der Waals surface area contributed by atoms with Crippen LogP contribution in [0.25, 0.3) is 21.5 Å². The summed E-state index contributed by atoms with van der Waals surface area (Å²) in [5.41, 5.74) is 2.41. The highest BCUT2D eigenvalue weighted by Gasteiger charge is 2.12. The van der Waals surface area contributed by atoms with Crippen LogP contribution in [0, 0.1) is 13.8 Å². The van der Waals surface area contributed by atoms with Gasteiger partial charge in [0.25, 0.3) is 0 Å². The molecule has 0 aliphatic heterocycles. The molecule has 0 amide bonds. The molecule has 126 valence electrons. The minimum atomic E-state index is -0.634. The predicted octanol–water partition coefficient (Wildman–Crippen LogP) is 4.39. The predicted molar refractivity (Wildman–Crippen MR) is 98.9 cm³/mol. The van der Waals surface area contributed by atoms with Crippen LogP contribution in [0.4, 0.5) is 0 Å². The van der Waals surface area contributed by atoms with Crippen molar-refractivity contribution < 1.29 is 14.6 Å². The number of benzene rings is 3. The third-order valence-corrected chi connectivity index (χ3v) is 4.15. The lowest BCUT2D eigenvalue weighted by Gasteiger charge is -2.16. The van der Waals surface area contributed by atoms with Crippen molar-refractivity contribution in [3.05, 3.63) is 53.6 Å².